The van der Waals surface area contributed by atoms with E-state index >= 15 is 0 Å². The Labute approximate surface area is 190 Å². The SMILES string of the molecule is CCCc1oc2cc(OC(=O)Cc3ccccc3)ccc2c1C(=O)c1cc(N)c(O)c(N)c1. The summed E-state index contributed by atoms with van der Waals surface area (Å²) in [5.74, 6) is -0.108. The van der Waals surface area contributed by atoms with Gasteiger partial charge in [-0.2, -0.15) is 0 Å². The minimum Gasteiger partial charge on any atom is -0.504 e. The summed E-state index contributed by atoms with van der Waals surface area (Å²) < 4.78 is 11.5. The fourth-order valence-electron chi connectivity index (χ4n) is 3.73. The molecule has 5 N–H and O–H groups in total. The number of carbonyl (C=O) groups is 2. The number of phenolic OH excluding ortho intramolecular Hbond substituents is 1. The lowest BCUT2D eigenvalue weighted by molar-refractivity contribution is -0.133. The van der Waals surface area contributed by atoms with Gasteiger partial charge in [0.25, 0.3) is 0 Å². The van der Waals surface area contributed by atoms with E-state index in [-0.39, 0.29) is 34.9 Å². The molecule has 0 unspecified atom stereocenters. The number of aryl methyl sites for hydroxylation is 1. The van der Waals surface area contributed by atoms with Gasteiger partial charge >= 0.3 is 5.97 Å². The Morgan fingerprint density at radius 1 is 1.00 bits per heavy atom. The van der Waals surface area contributed by atoms with Crippen molar-refractivity contribution in [3.63, 3.8) is 0 Å². The molecule has 0 aliphatic heterocycles. The number of ketones is 1. The molecule has 0 fully saturated rings. The summed E-state index contributed by atoms with van der Waals surface area (Å²) in [6.07, 6.45) is 1.45. The molecule has 4 rings (SSSR count). The van der Waals surface area contributed by atoms with Crippen molar-refractivity contribution in [2.24, 2.45) is 0 Å². The predicted molar refractivity (Wildman–Crippen MR) is 126 cm³/mol. The Morgan fingerprint density at radius 3 is 2.36 bits per heavy atom. The van der Waals surface area contributed by atoms with Gasteiger partial charge < -0.3 is 25.7 Å². The van der Waals surface area contributed by atoms with E-state index in [0.29, 0.717) is 34.5 Å². The van der Waals surface area contributed by atoms with Crippen LogP contribution in [0.25, 0.3) is 11.0 Å². The van der Waals surface area contributed by atoms with Crippen LogP contribution in [0, 0.1) is 0 Å². The van der Waals surface area contributed by atoms with Crippen LogP contribution in [0.3, 0.4) is 0 Å². The Hall–Kier alpha value is -4.26. The monoisotopic (exact) mass is 444 g/mol. The van der Waals surface area contributed by atoms with Crippen LogP contribution in [0.1, 0.15) is 40.6 Å². The third-order valence-electron chi connectivity index (χ3n) is 5.29. The molecule has 0 bridgehead atoms. The van der Waals surface area contributed by atoms with E-state index in [0.717, 1.165) is 12.0 Å². The number of esters is 1. The number of nitrogens with two attached hydrogens (primary N) is 2. The van der Waals surface area contributed by atoms with Crippen molar-refractivity contribution in [1.29, 1.82) is 0 Å². The summed E-state index contributed by atoms with van der Waals surface area (Å²) in [4.78, 5) is 25.7. The highest BCUT2D eigenvalue weighted by atomic mass is 16.5. The van der Waals surface area contributed by atoms with Crippen LogP contribution in [0.5, 0.6) is 11.5 Å². The summed E-state index contributed by atoms with van der Waals surface area (Å²) in [6, 6.07) is 17.0. The number of hydrogen-bond donors (Lipinski definition) is 3. The largest absolute Gasteiger partial charge is 0.504 e. The van der Waals surface area contributed by atoms with Crippen LogP contribution in [0.4, 0.5) is 11.4 Å². The Balaban J connectivity index is 1.67. The van der Waals surface area contributed by atoms with E-state index in [9.17, 15) is 14.7 Å². The van der Waals surface area contributed by atoms with E-state index in [2.05, 4.69) is 0 Å². The van der Waals surface area contributed by atoms with Crippen molar-refractivity contribution in [2.45, 2.75) is 26.2 Å². The van der Waals surface area contributed by atoms with Gasteiger partial charge in [-0.25, -0.2) is 0 Å². The molecule has 1 heterocycles. The van der Waals surface area contributed by atoms with Gasteiger partial charge in [-0.15, -0.1) is 0 Å². The zero-order chi connectivity index (χ0) is 23.5. The molecule has 3 aromatic carbocycles. The van der Waals surface area contributed by atoms with Crippen LogP contribution in [-0.4, -0.2) is 16.9 Å². The maximum atomic E-state index is 13.4. The minimum atomic E-state index is -0.396. The molecule has 0 atom stereocenters. The third kappa shape index (κ3) is 4.52. The minimum absolute atomic E-state index is 0.0239. The first-order valence-corrected chi connectivity index (χ1v) is 10.6. The molecular formula is C26H24N2O5. The van der Waals surface area contributed by atoms with E-state index in [1.54, 1.807) is 18.2 Å². The molecule has 33 heavy (non-hydrogen) atoms. The first-order chi connectivity index (χ1) is 15.9. The van der Waals surface area contributed by atoms with Gasteiger partial charge in [-0.05, 0) is 36.2 Å². The highest BCUT2D eigenvalue weighted by molar-refractivity contribution is 6.17. The number of furan rings is 1. The second-order valence-electron chi connectivity index (χ2n) is 7.78. The zero-order valence-corrected chi connectivity index (χ0v) is 18.1. The van der Waals surface area contributed by atoms with E-state index in [1.165, 1.54) is 12.1 Å². The van der Waals surface area contributed by atoms with Crippen molar-refractivity contribution in [3.8, 4) is 11.5 Å². The maximum absolute atomic E-state index is 13.4. The lowest BCUT2D eigenvalue weighted by Crippen LogP contribution is -2.11. The van der Waals surface area contributed by atoms with Crippen molar-refractivity contribution in [2.75, 3.05) is 11.5 Å². The molecule has 7 nitrogen and oxygen atoms in total. The first-order valence-electron chi connectivity index (χ1n) is 10.6. The summed E-state index contributed by atoms with van der Waals surface area (Å²) in [5.41, 5.74) is 13.6. The average Bonchev–Trinajstić information content (AvgIpc) is 3.14. The molecule has 0 saturated heterocycles. The van der Waals surface area contributed by atoms with E-state index in [1.807, 2.05) is 37.3 Å². The van der Waals surface area contributed by atoms with Gasteiger partial charge in [0.15, 0.2) is 11.5 Å². The van der Waals surface area contributed by atoms with E-state index < -0.39 is 5.97 Å². The highest BCUT2D eigenvalue weighted by Gasteiger charge is 2.23. The molecule has 168 valence electrons. The molecule has 0 radical (unpaired) electrons. The van der Waals surface area contributed by atoms with Crippen molar-refractivity contribution in [1.82, 2.24) is 0 Å². The molecule has 7 heteroatoms. The normalized spacial score (nSPS) is 10.9. The average molecular weight is 444 g/mol. The van der Waals surface area contributed by atoms with Crippen LogP contribution in [0.2, 0.25) is 0 Å². The first kappa shape index (κ1) is 22.0. The number of carbonyl (C=O) groups excluding carboxylic acids is 2. The topological polar surface area (TPSA) is 129 Å². The molecule has 0 saturated carbocycles. The van der Waals surface area contributed by atoms with Crippen molar-refractivity contribution in [3.05, 3.63) is 83.1 Å². The van der Waals surface area contributed by atoms with Crippen LogP contribution in [0.15, 0.2) is 65.1 Å². The fraction of sp³-hybridized carbons (Fsp3) is 0.154. The molecule has 0 aliphatic rings. The van der Waals surface area contributed by atoms with Crippen LogP contribution in [-0.2, 0) is 17.6 Å². The number of anilines is 2. The van der Waals surface area contributed by atoms with Gasteiger partial charge in [0, 0.05) is 23.4 Å². The molecule has 0 aliphatic carbocycles. The molecule has 0 spiro atoms. The Morgan fingerprint density at radius 2 is 1.70 bits per heavy atom. The number of nitrogen functional groups attached to an aromatic ring is 2. The number of aromatic hydroxyl groups is 1. The quantitative estimate of drug-likeness (QED) is 0.125. The number of hydrogen-bond acceptors (Lipinski definition) is 7. The second-order valence-corrected chi connectivity index (χ2v) is 7.78. The van der Waals surface area contributed by atoms with Gasteiger partial charge in [0.2, 0.25) is 0 Å². The molecular weight excluding hydrogens is 420 g/mol. The summed E-state index contributed by atoms with van der Waals surface area (Å²) >= 11 is 0. The van der Waals surface area contributed by atoms with Gasteiger partial charge in [0.05, 0.1) is 23.4 Å². The van der Waals surface area contributed by atoms with Crippen LogP contribution < -0.4 is 16.2 Å². The molecule has 0 amide bonds. The smallest absolute Gasteiger partial charge is 0.315 e. The number of fused-ring (bicyclic) bond motifs is 1. The Bertz CT molecular complexity index is 1320. The molecule has 4 aromatic rings. The second kappa shape index (κ2) is 9.08. The van der Waals surface area contributed by atoms with Gasteiger partial charge in [-0.1, -0.05) is 37.3 Å². The molecule has 1 aromatic heterocycles. The number of ether oxygens (including phenoxy) is 1. The standard InChI is InChI=1S/C26H24N2O5/c1-2-6-21-24(25(30)16-12-19(27)26(31)20(28)13-16)18-10-9-17(14-22(18)33-21)32-23(29)11-15-7-4-3-5-8-15/h3-5,7-10,12-14,31H,2,6,11,27-28H2,1H3. The summed E-state index contributed by atoms with van der Waals surface area (Å²) in [7, 11) is 0. The zero-order valence-electron chi connectivity index (χ0n) is 18.1. The van der Waals surface area contributed by atoms with E-state index in [4.69, 9.17) is 20.6 Å². The van der Waals surface area contributed by atoms with Gasteiger partial charge in [0.1, 0.15) is 17.1 Å². The fourth-order valence-corrected chi connectivity index (χ4v) is 3.73. The van der Waals surface area contributed by atoms with Crippen molar-refractivity contribution >= 4 is 34.1 Å². The highest BCUT2D eigenvalue weighted by Crippen LogP contribution is 2.34. The number of rotatable bonds is 7. The lowest BCUT2D eigenvalue weighted by atomic mass is 9.97. The third-order valence-corrected chi connectivity index (χ3v) is 5.29. The van der Waals surface area contributed by atoms with Gasteiger partial charge in [-0.3, -0.25) is 9.59 Å². The lowest BCUT2D eigenvalue weighted by Gasteiger charge is -2.08. The number of benzene rings is 3. The summed E-state index contributed by atoms with van der Waals surface area (Å²) in [5, 5.41) is 10.4. The number of phenols is 1. The maximum Gasteiger partial charge on any atom is 0.315 e. The predicted octanol–water partition coefficient (Wildman–Crippen LogP) is 4.63. The summed E-state index contributed by atoms with van der Waals surface area (Å²) in [6.45, 7) is 1.98. The Kier molecular flexibility index (Phi) is 6.04. The van der Waals surface area contributed by atoms with Crippen LogP contribution >= 0.6 is 0 Å². The van der Waals surface area contributed by atoms with Crippen molar-refractivity contribution < 1.29 is 23.8 Å².